The van der Waals surface area contributed by atoms with Crippen LogP contribution in [0.2, 0.25) is 0 Å². The van der Waals surface area contributed by atoms with Crippen LogP contribution >= 0.6 is 11.8 Å². The number of carbonyl (C=O) groups excluding carboxylic acids is 1. The van der Waals surface area contributed by atoms with Gasteiger partial charge in [0.05, 0.1) is 0 Å². The van der Waals surface area contributed by atoms with Crippen molar-refractivity contribution in [3.63, 3.8) is 0 Å². The van der Waals surface area contributed by atoms with Crippen molar-refractivity contribution in [2.24, 2.45) is 5.73 Å². The summed E-state index contributed by atoms with van der Waals surface area (Å²) in [5.74, 6) is 1.18. The second-order valence-electron chi connectivity index (χ2n) is 5.08. The van der Waals surface area contributed by atoms with Gasteiger partial charge in [-0.3, -0.25) is 4.79 Å². The minimum atomic E-state index is -0.0609. The largest absolute Gasteiger partial charge is 0.342 e. The molecule has 1 aromatic carbocycles. The molecule has 0 aliphatic rings. The van der Waals surface area contributed by atoms with E-state index >= 15 is 0 Å². The molecule has 3 nitrogen and oxygen atoms in total. The number of benzene rings is 1. The van der Waals surface area contributed by atoms with E-state index in [0.29, 0.717) is 18.9 Å². The van der Waals surface area contributed by atoms with Gasteiger partial charge < -0.3 is 10.6 Å². The zero-order valence-corrected chi connectivity index (χ0v) is 13.5. The van der Waals surface area contributed by atoms with Gasteiger partial charge in [0.15, 0.2) is 0 Å². The quantitative estimate of drug-likeness (QED) is 0.801. The predicted octanol–water partition coefficient (Wildman–Crippen LogP) is 3.07. The van der Waals surface area contributed by atoms with Gasteiger partial charge in [0.25, 0.3) is 0 Å². The lowest BCUT2D eigenvalue weighted by atomic mass is 10.0. The molecule has 0 aliphatic carbocycles. The van der Waals surface area contributed by atoms with Crippen LogP contribution in [-0.2, 0) is 4.79 Å². The molecule has 4 heteroatoms. The highest BCUT2D eigenvalue weighted by Crippen LogP contribution is 2.17. The summed E-state index contributed by atoms with van der Waals surface area (Å²) in [7, 11) is 1.90. The van der Waals surface area contributed by atoms with E-state index in [-0.39, 0.29) is 11.9 Å². The molecule has 1 rings (SSSR count). The SMILES string of the molecule is CCC(CSC)N(C)C(=O)CCC(N)c1ccccc1. The fraction of sp³-hybridized carbons (Fsp3) is 0.562. The van der Waals surface area contributed by atoms with Crippen LogP contribution in [0.1, 0.15) is 37.8 Å². The number of nitrogens with two attached hydrogens (primary N) is 1. The van der Waals surface area contributed by atoms with E-state index in [4.69, 9.17) is 5.73 Å². The number of amides is 1. The molecule has 0 radical (unpaired) electrons. The summed E-state index contributed by atoms with van der Waals surface area (Å²) in [6.45, 7) is 2.13. The molecule has 112 valence electrons. The zero-order valence-electron chi connectivity index (χ0n) is 12.7. The monoisotopic (exact) mass is 294 g/mol. The molecule has 1 amide bonds. The van der Waals surface area contributed by atoms with E-state index in [1.54, 1.807) is 11.8 Å². The molecule has 0 saturated heterocycles. The Morgan fingerprint density at radius 3 is 2.55 bits per heavy atom. The first-order valence-electron chi connectivity index (χ1n) is 7.15. The molecule has 1 aromatic rings. The van der Waals surface area contributed by atoms with E-state index in [0.717, 1.165) is 17.7 Å². The van der Waals surface area contributed by atoms with Gasteiger partial charge in [-0.05, 0) is 24.7 Å². The van der Waals surface area contributed by atoms with E-state index in [1.165, 1.54) is 0 Å². The van der Waals surface area contributed by atoms with Crippen molar-refractivity contribution in [2.75, 3.05) is 19.1 Å². The molecule has 0 heterocycles. The number of carbonyl (C=O) groups is 1. The third-order valence-electron chi connectivity index (χ3n) is 3.67. The van der Waals surface area contributed by atoms with Gasteiger partial charge in [-0.25, -0.2) is 0 Å². The van der Waals surface area contributed by atoms with Gasteiger partial charge in [-0.15, -0.1) is 0 Å². The molecule has 0 aromatic heterocycles. The van der Waals surface area contributed by atoms with Gasteiger partial charge in [0, 0.05) is 31.3 Å². The smallest absolute Gasteiger partial charge is 0.222 e. The molecular weight excluding hydrogens is 268 g/mol. The normalized spacial score (nSPS) is 13.8. The fourth-order valence-electron chi connectivity index (χ4n) is 2.22. The lowest BCUT2D eigenvalue weighted by Crippen LogP contribution is -2.38. The van der Waals surface area contributed by atoms with Crippen LogP contribution in [0.15, 0.2) is 30.3 Å². The van der Waals surface area contributed by atoms with Crippen LogP contribution < -0.4 is 5.73 Å². The fourth-order valence-corrected chi connectivity index (χ4v) is 3.07. The van der Waals surface area contributed by atoms with Crippen molar-refractivity contribution >= 4 is 17.7 Å². The van der Waals surface area contributed by atoms with Crippen LogP contribution in [0, 0.1) is 0 Å². The highest BCUT2D eigenvalue weighted by atomic mass is 32.2. The van der Waals surface area contributed by atoms with Crippen LogP contribution in [0.4, 0.5) is 0 Å². The lowest BCUT2D eigenvalue weighted by molar-refractivity contribution is -0.131. The maximum atomic E-state index is 12.2. The van der Waals surface area contributed by atoms with Crippen molar-refractivity contribution in [3.8, 4) is 0 Å². The Balaban J connectivity index is 2.46. The van der Waals surface area contributed by atoms with Crippen molar-refractivity contribution in [2.45, 2.75) is 38.3 Å². The lowest BCUT2D eigenvalue weighted by Gasteiger charge is -2.27. The summed E-state index contributed by atoms with van der Waals surface area (Å²) < 4.78 is 0. The van der Waals surface area contributed by atoms with Crippen LogP contribution in [0.5, 0.6) is 0 Å². The Hall–Kier alpha value is -1.00. The molecule has 0 fully saturated rings. The van der Waals surface area contributed by atoms with Crippen molar-refractivity contribution < 1.29 is 4.79 Å². The minimum Gasteiger partial charge on any atom is -0.342 e. The summed E-state index contributed by atoms with van der Waals surface area (Å²) in [6, 6.07) is 10.2. The Morgan fingerprint density at radius 2 is 2.00 bits per heavy atom. The third-order valence-corrected chi connectivity index (χ3v) is 4.39. The first kappa shape index (κ1) is 17.1. The topological polar surface area (TPSA) is 46.3 Å². The Labute approximate surface area is 126 Å². The van der Waals surface area contributed by atoms with E-state index < -0.39 is 0 Å². The first-order valence-corrected chi connectivity index (χ1v) is 8.54. The Morgan fingerprint density at radius 1 is 1.35 bits per heavy atom. The Kier molecular flexibility index (Phi) is 7.70. The second-order valence-corrected chi connectivity index (χ2v) is 5.99. The summed E-state index contributed by atoms with van der Waals surface area (Å²) >= 11 is 1.78. The first-order chi connectivity index (χ1) is 9.60. The molecular formula is C16H26N2OS. The molecule has 2 atom stereocenters. The zero-order chi connectivity index (χ0) is 15.0. The summed E-state index contributed by atoms with van der Waals surface area (Å²) in [4.78, 5) is 14.1. The number of hydrogen-bond acceptors (Lipinski definition) is 3. The molecule has 2 N–H and O–H groups in total. The maximum absolute atomic E-state index is 12.2. The average Bonchev–Trinajstić information content (AvgIpc) is 2.50. The van der Waals surface area contributed by atoms with Crippen LogP contribution in [-0.4, -0.2) is 35.9 Å². The van der Waals surface area contributed by atoms with Crippen molar-refractivity contribution in [1.29, 1.82) is 0 Å². The van der Waals surface area contributed by atoms with Gasteiger partial charge in [-0.1, -0.05) is 37.3 Å². The average molecular weight is 294 g/mol. The van der Waals surface area contributed by atoms with Gasteiger partial charge in [-0.2, -0.15) is 11.8 Å². The van der Waals surface area contributed by atoms with E-state index in [2.05, 4.69) is 13.2 Å². The number of rotatable bonds is 8. The maximum Gasteiger partial charge on any atom is 0.222 e. The van der Waals surface area contributed by atoms with Gasteiger partial charge in [0.1, 0.15) is 0 Å². The standard InChI is InChI=1S/C16H26N2OS/c1-4-14(12-20-3)18(2)16(19)11-10-15(17)13-8-6-5-7-9-13/h5-9,14-15H,4,10-12,17H2,1-3H3. The third kappa shape index (κ3) is 5.17. The number of hydrogen-bond donors (Lipinski definition) is 1. The predicted molar refractivity (Wildman–Crippen MR) is 87.8 cm³/mol. The number of thioether (sulfide) groups is 1. The van der Waals surface area contributed by atoms with Crippen LogP contribution in [0.25, 0.3) is 0 Å². The molecule has 0 saturated carbocycles. The van der Waals surface area contributed by atoms with Crippen LogP contribution in [0.3, 0.4) is 0 Å². The molecule has 0 bridgehead atoms. The second kappa shape index (κ2) is 9.03. The minimum absolute atomic E-state index is 0.0609. The van der Waals surface area contributed by atoms with E-state index in [9.17, 15) is 4.79 Å². The van der Waals surface area contributed by atoms with Crippen molar-refractivity contribution in [3.05, 3.63) is 35.9 Å². The Bertz CT molecular complexity index is 397. The number of nitrogens with zero attached hydrogens (tertiary/aromatic N) is 1. The summed E-state index contributed by atoms with van der Waals surface area (Å²) in [6.07, 6.45) is 4.28. The van der Waals surface area contributed by atoms with Crippen molar-refractivity contribution in [1.82, 2.24) is 4.90 Å². The molecule has 2 unspecified atom stereocenters. The summed E-state index contributed by atoms with van der Waals surface area (Å²) in [5.41, 5.74) is 7.23. The highest BCUT2D eigenvalue weighted by Gasteiger charge is 2.18. The van der Waals surface area contributed by atoms with Gasteiger partial charge in [0.2, 0.25) is 5.91 Å². The molecule has 0 aliphatic heterocycles. The molecule has 0 spiro atoms. The van der Waals surface area contributed by atoms with E-state index in [1.807, 2.05) is 42.3 Å². The molecule has 20 heavy (non-hydrogen) atoms. The highest BCUT2D eigenvalue weighted by molar-refractivity contribution is 7.98. The summed E-state index contributed by atoms with van der Waals surface area (Å²) in [5, 5.41) is 0. The van der Waals surface area contributed by atoms with Gasteiger partial charge >= 0.3 is 0 Å².